The molecule has 0 spiro atoms. The van der Waals surface area contributed by atoms with Crippen molar-refractivity contribution in [3.05, 3.63) is 71.3 Å². The fourth-order valence-corrected chi connectivity index (χ4v) is 4.45. The fraction of sp³-hybridized carbons (Fsp3) is 0.538. The lowest BCUT2D eigenvalue weighted by atomic mass is 9.81. The van der Waals surface area contributed by atoms with E-state index in [0.717, 1.165) is 37.9 Å². The normalized spacial score (nSPS) is 22.3. The molecule has 0 radical (unpaired) electrons. The van der Waals surface area contributed by atoms with Crippen molar-refractivity contribution in [2.45, 2.75) is 76.7 Å². The maximum atomic E-state index is 14.2. The molecule has 2 aromatic carbocycles. The summed E-state index contributed by atoms with van der Waals surface area (Å²) in [7, 11) is 0. The lowest BCUT2D eigenvalue weighted by Crippen LogP contribution is -2.34. The third-order valence-corrected chi connectivity index (χ3v) is 6.28. The van der Waals surface area contributed by atoms with E-state index in [2.05, 4.69) is 61.2 Å². The van der Waals surface area contributed by atoms with Crippen LogP contribution in [-0.2, 0) is 12.8 Å². The van der Waals surface area contributed by atoms with E-state index >= 15 is 0 Å². The smallest absolute Gasteiger partial charge is 0.110 e. The van der Waals surface area contributed by atoms with Crippen LogP contribution in [0.3, 0.4) is 0 Å². The zero-order chi connectivity index (χ0) is 20.6. The van der Waals surface area contributed by atoms with E-state index in [1.165, 1.54) is 11.1 Å². The molecule has 1 aliphatic carbocycles. The van der Waals surface area contributed by atoms with Crippen molar-refractivity contribution < 1.29 is 8.78 Å². The van der Waals surface area contributed by atoms with Crippen LogP contribution in [0.15, 0.2) is 54.6 Å². The molecular weight excluding hydrogens is 364 g/mol. The summed E-state index contributed by atoms with van der Waals surface area (Å²) in [5, 5.41) is 0. The van der Waals surface area contributed by atoms with Crippen LogP contribution in [0.5, 0.6) is 0 Å². The number of alkyl halides is 2. The molecule has 3 rings (SSSR count). The molecule has 0 bridgehead atoms. The highest BCUT2D eigenvalue weighted by Gasteiger charge is 2.34. The van der Waals surface area contributed by atoms with Crippen molar-refractivity contribution in [3.8, 4) is 0 Å². The largest absolute Gasteiger partial charge is 0.301 e. The Balaban J connectivity index is 1.48. The van der Waals surface area contributed by atoms with E-state index < -0.39 is 18.3 Å². The minimum absolute atomic E-state index is 0.487. The van der Waals surface area contributed by atoms with E-state index in [9.17, 15) is 8.78 Å². The minimum atomic E-state index is -1.05. The van der Waals surface area contributed by atoms with Crippen LogP contribution in [0.4, 0.5) is 8.78 Å². The minimum Gasteiger partial charge on any atom is -0.301 e. The van der Waals surface area contributed by atoms with Crippen LogP contribution in [-0.4, -0.2) is 36.4 Å². The molecule has 1 nitrogen and oxygen atoms in total. The summed E-state index contributed by atoms with van der Waals surface area (Å²) in [6.07, 6.45) is 2.70. The summed E-state index contributed by atoms with van der Waals surface area (Å²) in [4.78, 5) is 2.53. The van der Waals surface area contributed by atoms with Crippen LogP contribution in [0.1, 0.15) is 62.1 Å². The molecule has 1 saturated carbocycles. The molecule has 2 aromatic rings. The lowest BCUT2D eigenvalue weighted by molar-refractivity contribution is 0.124. The Morgan fingerprint density at radius 2 is 1.45 bits per heavy atom. The second kappa shape index (κ2) is 10.9. The van der Waals surface area contributed by atoms with Gasteiger partial charge in [-0.25, -0.2) is 8.78 Å². The van der Waals surface area contributed by atoms with Gasteiger partial charge in [-0.05, 0) is 75.6 Å². The molecule has 0 aliphatic heterocycles. The quantitative estimate of drug-likeness (QED) is 0.464. The van der Waals surface area contributed by atoms with Crippen molar-refractivity contribution in [2.75, 3.05) is 13.1 Å². The van der Waals surface area contributed by atoms with Crippen molar-refractivity contribution in [3.63, 3.8) is 0 Å². The molecule has 0 aromatic heterocycles. The summed E-state index contributed by atoms with van der Waals surface area (Å²) < 4.78 is 28.4. The first kappa shape index (κ1) is 22.0. The summed E-state index contributed by atoms with van der Waals surface area (Å²) in [6.45, 7) is 6.64. The Kier molecular flexibility index (Phi) is 8.23. The van der Waals surface area contributed by atoms with E-state index in [1.807, 2.05) is 12.1 Å². The van der Waals surface area contributed by atoms with Crippen molar-refractivity contribution in [1.29, 1.82) is 0 Å². The van der Waals surface area contributed by atoms with Crippen LogP contribution >= 0.6 is 0 Å². The maximum Gasteiger partial charge on any atom is 0.110 e. The monoisotopic (exact) mass is 399 g/mol. The molecule has 0 N–H and O–H groups in total. The van der Waals surface area contributed by atoms with E-state index in [4.69, 9.17) is 0 Å². The van der Waals surface area contributed by atoms with Crippen molar-refractivity contribution >= 4 is 0 Å². The summed E-state index contributed by atoms with van der Waals surface area (Å²) in [5.41, 5.74) is 3.45. The molecule has 1 fully saturated rings. The third-order valence-electron chi connectivity index (χ3n) is 6.28. The van der Waals surface area contributed by atoms with Gasteiger partial charge in [0.25, 0.3) is 0 Å². The molecule has 2 unspecified atom stereocenters. The van der Waals surface area contributed by atoms with Crippen LogP contribution < -0.4 is 0 Å². The van der Waals surface area contributed by atoms with Crippen LogP contribution in [0.25, 0.3) is 0 Å². The number of aryl methyl sites for hydroxylation is 1. The summed E-state index contributed by atoms with van der Waals surface area (Å²) >= 11 is 0. The van der Waals surface area contributed by atoms with Gasteiger partial charge in [0.05, 0.1) is 0 Å². The maximum absolute atomic E-state index is 14.2. The van der Waals surface area contributed by atoms with E-state index in [0.29, 0.717) is 25.3 Å². The molecule has 2 atom stereocenters. The van der Waals surface area contributed by atoms with Gasteiger partial charge in [-0.1, -0.05) is 54.6 Å². The highest BCUT2D eigenvalue weighted by Crippen LogP contribution is 2.37. The number of benzene rings is 2. The van der Waals surface area contributed by atoms with Gasteiger partial charge in [0.15, 0.2) is 0 Å². The second-order valence-corrected chi connectivity index (χ2v) is 8.70. The Morgan fingerprint density at radius 3 is 2.07 bits per heavy atom. The van der Waals surface area contributed by atoms with Crippen molar-refractivity contribution in [1.82, 2.24) is 4.90 Å². The number of halogens is 2. The number of rotatable bonds is 9. The predicted molar refractivity (Wildman–Crippen MR) is 118 cm³/mol. The van der Waals surface area contributed by atoms with Gasteiger partial charge in [-0.15, -0.1) is 0 Å². The Hall–Kier alpha value is -1.74. The molecule has 0 heterocycles. The Labute approximate surface area is 175 Å². The van der Waals surface area contributed by atoms with Gasteiger partial charge in [-0.3, -0.25) is 0 Å². The summed E-state index contributed by atoms with van der Waals surface area (Å²) in [6, 6.07) is 19.2. The Bertz CT molecular complexity index is 703. The molecule has 0 amide bonds. The SMILES string of the molecule is CC(C)N(CCCc1ccc(C2C(F)CCCC2F)cc1)CCc1ccccc1. The highest BCUT2D eigenvalue weighted by molar-refractivity contribution is 5.28. The van der Waals surface area contributed by atoms with Gasteiger partial charge in [-0.2, -0.15) is 0 Å². The number of hydrogen-bond donors (Lipinski definition) is 0. The fourth-order valence-electron chi connectivity index (χ4n) is 4.45. The lowest BCUT2D eigenvalue weighted by Gasteiger charge is -2.29. The van der Waals surface area contributed by atoms with Gasteiger partial charge < -0.3 is 4.90 Å². The molecular formula is C26H35F2N. The topological polar surface area (TPSA) is 3.24 Å². The molecule has 158 valence electrons. The van der Waals surface area contributed by atoms with E-state index in [1.54, 1.807) is 0 Å². The van der Waals surface area contributed by atoms with Gasteiger partial charge in [0, 0.05) is 18.5 Å². The molecule has 1 aliphatic rings. The van der Waals surface area contributed by atoms with Crippen LogP contribution in [0, 0.1) is 0 Å². The molecule has 0 saturated heterocycles. The van der Waals surface area contributed by atoms with E-state index in [-0.39, 0.29) is 0 Å². The van der Waals surface area contributed by atoms with Gasteiger partial charge >= 0.3 is 0 Å². The first-order valence-corrected chi connectivity index (χ1v) is 11.2. The Morgan fingerprint density at radius 1 is 0.828 bits per heavy atom. The van der Waals surface area contributed by atoms with Crippen LogP contribution in [0.2, 0.25) is 0 Å². The molecule has 29 heavy (non-hydrogen) atoms. The van der Waals surface area contributed by atoms with Crippen molar-refractivity contribution in [2.24, 2.45) is 0 Å². The van der Waals surface area contributed by atoms with Gasteiger partial charge in [0.1, 0.15) is 12.3 Å². The van der Waals surface area contributed by atoms with Gasteiger partial charge in [0.2, 0.25) is 0 Å². The molecule has 3 heteroatoms. The average Bonchev–Trinajstić information content (AvgIpc) is 2.72. The second-order valence-electron chi connectivity index (χ2n) is 8.70. The first-order chi connectivity index (χ1) is 14.0. The standard InChI is InChI=1S/C26H35F2N/c1-20(2)29(19-17-21-8-4-3-5-9-21)18-7-10-22-13-15-23(16-14-22)26-24(27)11-6-12-25(26)28/h3-5,8-9,13-16,20,24-26H,6-7,10-12,17-19H2,1-2H3. The highest BCUT2D eigenvalue weighted by atomic mass is 19.1. The summed E-state index contributed by atoms with van der Waals surface area (Å²) in [5.74, 6) is -0.577. The number of hydrogen-bond acceptors (Lipinski definition) is 1. The number of nitrogens with zero attached hydrogens (tertiary/aromatic N) is 1. The third kappa shape index (κ3) is 6.37. The zero-order valence-electron chi connectivity index (χ0n) is 17.9. The first-order valence-electron chi connectivity index (χ1n) is 11.2. The zero-order valence-corrected chi connectivity index (χ0v) is 17.9. The average molecular weight is 400 g/mol. The predicted octanol–water partition coefficient (Wildman–Crippen LogP) is 6.52.